The van der Waals surface area contributed by atoms with Crippen LogP contribution in [0, 0.1) is 16.0 Å². The number of unbranched alkanes of at least 4 members (excludes halogenated alkanes) is 1. The fourth-order valence-electron chi connectivity index (χ4n) is 1.84. The van der Waals surface area contributed by atoms with Gasteiger partial charge in [-0.05, 0) is 18.4 Å². The van der Waals surface area contributed by atoms with Gasteiger partial charge in [0, 0.05) is 18.7 Å². The lowest BCUT2D eigenvalue weighted by molar-refractivity contribution is -0.384. The second-order valence-electron chi connectivity index (χ2n) is 4.96. The van der Waals surface area contributed by atoms with Crippen molar-refractivity contribution in [3.05, 3.63) is 28.3 Å². The molecule has 0 atom stereocenters. The molecule has 0 aromatic heterocycles. The number of ether oxygens (including phenoxy) is 1. The molecule has 1 aromatic carbocycles. The average Bonchev–Trinajstić information content (AvgIpc) is 2.37. The van der Waals surface area contributed by atoms with Crippen LogP contribution in [0.25, 0.3) is 0 Å². The summed E-state index contributed by atoms with van der Waals surface area (Å²) >= 11 is 0. The molecule has 1 N–H and O–H groups in total. The first kappa shape index (κ1) is 15.3. The van der Waals surface area contributed by atoms with Crippen molar-refractivity contribution >= 4 is 11.4 Å². The first-order valence-corrected chi connectivity index (χ1v) is 6.61. The molecule has 0 aliphatic heterocycles. The quantitative estimate of drug-likeness (QED) is 0.441. The number of nitrogens with zero attached hydrogens (tertiary/aromatic N) is 1. The maximum Gasteiger partial charge on any atom is 0.292 e. The molecule has 106 valence electrons. The van der Waals surface area contributed by atoms with Crippen LogP contribution >= 0.6 is 0 Å². The number of hydrogen-bond acceptors (Lipinski definition) is 4. The van der Waals surface area contributed by atoms with E-state index in [-0.39, 0.29) is 10.6 Å². The number of benzene rings is 1. The van der Waals surface area contributed by atoms with Crippen LogP contribution in [0.5, 0.6) is 5.75 Å². The van der Waals surface area contributed by atoms with Crippen molar-refractivity contribution in [3.63, 3.8) is 0 Å². The molecule has 0 heterocycles. The molecular formula is C14H22N2O3. The minimum atomic E-state index is -0.379. The molecule has 5 heteroatoms. The van der Waals surface area contributed by atoms with Gasteiger partial charge in [-0.3, -0.25) is 10.1 Å². The topological polar surface area (TPSA) is 64.4 Å². The van der Waals surface area contributed by atoms with E-state index >= 15 is 0 Å². The van der Waals surface area contributed by atoms with Gasteiger partial charge < -0.3 is 10.1 Å². The summed E-state index contributed by atoms with van der Waals surface area (Å²) in [4.78, 5) is 10.5. The van der Waals surface area contributed by atoms with Crippen LogP contribution in [0.2, 0.25) is 0 Å². The summed E-state index contributed by atoms with van der Waals surface area (Å²) in [7, 11) is 1.55. The van der Waals surface area contributed by atoms with Crippen LogP contribution in [0.4, 0.5) is 11.4 Å². The summed E-state index contributed by atoms with van der Waals surface area (Å²) in [5.41, 5.74) is 0.610. The molecule has 0 spiro atoms. The Kier molecular flexibility index (Phi) is 6.12. The Hall–Kier alpha value is -1.78. The van der Waals surface area contributed by atoms with Gasteiger partial charge in [0.25, 0.3) is 5.69 Å². The van der Waals surface area contributed by atoms with Crippen LogP contribution in [0.15, 0.2) is 18.2 Å². The van der Waals surface area contributed by atoms with Crippen molar-refractivity contribution in [3.8, 4) is 5.75 Å². The molecule has 19 heavy (non-hydrogen) atoms. The molecule has 0 aliphatic rings. The standard InChI is InChI=1S/C14H22N2O3/c1-11(2)6-4-5-9-15-13-10-12(19-3)7-8-14(13)16(17)18/h7-8,10-11,15H,4-6,9H2,1-3H3. The largest absolute Gasteiger partial charge is 0.497 e. The van der Waals surface area contributed by atoms with Crippen LogP contribution in [0.1, 0.15) is 33.1 Å². The Morgan fingerprint density at radius 3 is 2.68 bits per heavy atom. The van der Waals surface area contributed by atoms with Gasteiger partial charge in [-0.2, -0.15) is 0 Å². The molecule has 0 saturated heterocycles. The molecular weight excluding hydrogens is 244 g/mol. The Morgan fingerprint density at radius 2 is 2.11 bits per heavy atom. The molecule has 5 nitrogen and oxygen atoms in total. The zero-order chi connectivity index (χ0) is 14.3. The monoisotopic (exact) mass is 266 g/mol. The number of nitro groups is 1. The molecule has 0 radical (unpaired) electrons. The minimum Gasteiger partial charge on any atom is -0.497 e. The van der Waals surface area contributed by atoms with Crippen LogP contribution < -0.4 is 10.1 Å². The van der Waals surface area contributed by atoms with E-state index in [0.29, 0.717) is 17.4 Å². The van der Waals surface area contributed by atoms with Gasteiger partial charge in [0.15, 0.2) is 0 Å². The zero-order valence-corrected chi connectivity index (χ0v) is 11.8. The van der Waals surface area contributed by atoms with E-state index in [1.54, 1.807) is 19.2 Å². The normalized spacial score (nSPS) is 10.5. The SMILES string of the molecule is COc1ccc([N+](=O)[O-])c(NCCCCC(C)C)c1. The first-order valence-electron chi connectivity index (χ1n) is 6.61. The number of rotatable bonds is 8. The van der Waals surface area contributed by atoms with Crippen molar-refractivity contribution < 1.29 is 9.66 Å². The molecule has 0 saturated carbocycles. The van der Waals surface area contributed by atoms with Gasteiger partial charge in [-0.15, -0.1) is 0 Å². The van der Waals surface area contributed by atoms with Crippen molar-refractivity contribution in [1.82, 2.24) is 0 Å². The number of nitrogens with one attached hydrogen (secondary N) is 1. The predicted octanol–water partition coefficient (Wildman–Crippen LogP) is 3.84. The van der Waals surface area contributed by atoms with Gasteiger partial charge in [0.2, 0.25) is 0 Å². The van der Waals surface area contributed by atoms with Gasteiger partial charge in [0.05, 0.1) is 12.0 Å². The van der Waals surface area contributed by atoms with E-state index in [1.165, 1.54) is 12.5 Å². The third-order valence-corrected chi connectivity index (χ3v) is 2.92. The van der Waals surface area contributed by atoms with E-state index in [4.69, 9.17) is 4.74 Å². The van der Waals surface area contributed by atoms with E-state index in [9.17, 15) is 10.1 Å². The van der Waals surface area contributed by atoms with E-state index < -0.39 is 0 Å². The molecule has 0 bridgehead atoms. The molecule has 1 aromatic rings. The van der Waals surface area contributed by atoms with E-state index in [0.717, 1.165) is 19.4 Å². The zero-order valence-electron chi connectivity index (χ0n) is 11.8. The number of anilines is 1. The van der Waals surface area contributed by atoms with Crippen molar-refractivity contribution in [2.24, 2.45) is 5.92 Å². The Morgan fingerprint density at radius 1 is 1.37 bits per heavy atom. The van der Waals surface area contributed by atoms with Crippen molar-refractivity contribution in [1.29, 1.82) is 0 Å². The van der Waals surface area contributed by atoms with Crippen LogP contribution in [-0.2, 0) is 0 Å². The summed E-state index contributed by atoms with van der Waals surface area (Å²) in [5, 5.41) is 14.0. The first-order chi connectivity index (χ1) is 9.04. The Bertz CT molecular complexity index is 419. The third kappa shape index (κ3) is 5.16. The molecule has 0 unspecified atom stereocenters. The highest BCUT2D eigenvalue weighted by Crippen LogP contribution is 2.28. The van der Waals surface area contributed by atoms with Crippen molar-refractivity contribution in [2.75, 3.05) is 19.0 Å². The lowest BCUT2D eigenvalue weighted by Crippen LogP contribution is -2.05. The Balaban J connectivity index is 2.57. The smallest absolute Gasteiger partial charge is 0.292 e. The summed E-state index contributed by atoms with van der Waals surface area (Å²) < 4.78 is 5.09. The molecule has 0 amide bonds. The van der Waals surface area contributed by atoms with Gasteiger partial charge in [0.1, 0.15) is 11.4 Å². The summed E-state index contributed by atoms with van der Waals surface area (Å²) in [6, 6.07) is 4.73. The fraction of sp³-hybridized carbons (Fsp3) is 0.571. The van der Waals surface area contributed by atoms with Gasteiger partial charge in [-0.1, -0.05) is 26.7 Å². The highest BCUT2D eigenvalue weighted by Gasteiger charge is 2.13. The summed E-state index contributed by atoms with van der Waals surface area (Å²) in [5.74, 6) is 1.32. The predicted molar refractivity (Wildman–Crippen MR) is 76.8 cm³/mol. The van der Waals surface area contributed by atoms with E-state index in [1.807, 2.05) is 0 Å². The Labute approximate surface area is 114 Å². The van der Waals surface area contributed by atoms with Crippen LogP contribution in [-0.4, -0.2) is 18.6 Å². The molecule has 0 aliphatic carbocycles. The lowest BCUT2D eigenvalue weighted by Gasteiger charge is -2.09. The average molecular weight is 266 g/mol. The second-order valence-corrected chi connectivity index (χ2v) is 4.96. The van der Waals surface area contributed by atoms with Gasteiger partial charge >= 0.3 is 0 Å². The fourth-order valence-corrected chi connectivity index (χ4v) is 1.84. The van der Waals surface area contributed by atoms with Gasteiger partial charge in [-0.25, -0.2) is 0 Å². The maximum absolute atomic E-state index is 10.9. The molecule has 0 fully saturated rings. The third-order valence-electron chi connectivity index (χ3n) is 2.92. The number of hydrogen-bond donors (Lipinski definition) is 1. The van der Waals surface area contributed by atoms with E-state index in [2.05, 4.69) is 19.2 Å². The number of nitro benzene ring substituents is 1. The highest BCUT2D eigenvalue weighted by molar-refractivity contribution is 5.64. The molecule has 1 rings (SSSR count). The minimum absolute atomic E-state index is 0.0876. The van der Waals surface area contributed by atoms with Crippen LogP contribution in [0.3, 0.4) is 0 Å². The summed E-state index contributed by atoms with van der Waals surface area (Å²) in [6.07, 6.45) is 3.32. The number of methoxy groups -OCH3 is 1. The second kappa shape index (κ2) is 7.61. The highest BCUT2D eigenvalue weighted by atomic mass is 16.6. The van der Waals surface area contributed by atoms with Crippen molar-refractivity contribution in [2.45, 2.75) is 33.1 Å². The maximum atomic E-state index is 10.9. The lowest BCUT2D eigenvalue weighted by atomic mass is 10.1. The summed E-state index contributed by atoms with van der Waals surface area (Å²) in [6.45, 7) is 5.13.